The maximum atomic E-state index is 12.3. The highest BCUT2D eigenvalue weighted by Crippen LogP contribution is 2.48. The van der Waals surface area contributed by atoms with E-state index in [4.69, 9.17) is 4.42 Å². The van der Waals surface area contributed by atoms with Crippen molar-refractivity contribution in [3.63, 3.8) is 0 Å². The van der Waals surface area contributed by atoms with E-state index in [1.807, 2.05) is 30.5 Å². The van der Waals surface area contributed by atoms with Gasteiger partial charge in [0.05, 0.1) is 5.92 Å². The van der Waals surface area contributed by atoms with Gasteiger partial charge in [0.25, 0.3) is 0 Å². The lowest BCUT2D eigenvalue weighted by Gasteiger charge is -2.35. The Labute approximate surface area is 158 Å². The molecule has 1 aromatic carbocycles. The van der Waals surface area contributed by atoms with Crippen LogP contribution in [-0.2, 0) is 6.61 Å². The van der Waals surface area contributed by atoms with Gasteiger partial charge < -0.3 is 19.6 Å². The molecule has 0 saturated heterocycles. The Hall–Kier alpha value is -2.53. The van der Waals surface area contributed by atoms with E-state index in [0.717, 1.165) is 29.0 Å². The van der Waals surface area contributed by atoms with Crippen LogP contribution in [0.15, 0.2) is 45.7 Å². The minimum absolute atomic E-state index is 0.151. The van der Waals surface area contributed by atoms with Crippen LogP contribution in [0.1, 0.15) is 57.1 Å². The molecule has 0 aliphatic carbocycles. The van der Waals surface area contributed by atoms with Crippen molar-refractivity contribution in [2.45, 2.75) is 46.6 Å². The first-order valence-electron chi connectivity index (χ1n) is 9.27. The molecule has 2 aromatic heterocycles. The van der Waals surface area contributed by atoms with Crippen molar-refractivity contribution < 1.29 is 14.6 Å². The molecule has 5 nitrogen and oxygen atoms in total. The fourth-order valence-electron chi connectivity index (χ4n) is 4.25. The number of H-pyrrole nitrogens is 1. The van der Waals surface area contributed by atoms with Crippen LogP contribution in [0.3, 0.4) is 0 Å². The minimum Gasteiger partial charge on any atom is -0.502 e. The number of hydrogen-bond donors (Lipinski definition) is 3. The number of fused-ring (bicyclic) bond motifs is 1. The third-order valence-electron chi connectivity index (χ3n) is 5.07. The number of aromatic hydroxyl groups is 1. The Kier molecular flexibility index (Phi) is 5.16. The third-order valence-corrected chi connectivity index (χ3v) is 5.07. The molecule has 5 heteroatoms. The summed E-state index contributed by atoms with van der Waals surface area (Å²) in [5, 5.41) is 21.1. The molecule has 1 unspecified atom stereocenters. The summed E-state index contributed by atoms with van der Waals surface area (Å²) in [6.45, 7) is 8.13. The van der Waals surface area contributed by atoms with Gasteiger partial charge in [0, 0.05) is 23.2 Å². The van der Waals surface area contributed by atoms with E-state index in [-0.39, 0.29) is 28.6 Å². The summed E-state index contributed by atoms with van der Waals surface area (Å²) in [6, 6.07) is 9.07. The van der Waals surface area contributed by atoms with E-state index in [9.17, 15) is 15.0 Å². The van der Waals surface area contributed by atoms with Gasteiger partial charge >= 0.3 is 0 Å². The molecule has 0 aliphatic rings. The first-order valence-corrected chi connectivity index (χ1v) is 9.27. The zero-order valence-corrected chi connectivity index (χ0v) is 16.2. The molecule has 3 N–H and O–H groups in total. The number of aromatic amines is 1. The lowest BCUT2D eigenvalue weighted by Crippen LogP contribution is -2.26. The lowest BCUT2D eigenvalue weighted by atomic mass is 9.69. The van der Waals surface area contributed by atoms with Gasteiger partial charge in [-0.1, -0.05) is 45.9 Å². The largest absolute Gasteiger partial charge is 0.502 e. The Morgan fingerprint density at radius 3 is 2.59 bits per heavy atom. The zero-order valence-electron chi connectivity index (χ0n) is 16.2. The summed E-state index contributed by atoms with van der Waals surface area (Å²) < 4.78 is 5.83. The molecule has 3 rings (SSSR count). The maximum Gasteiger partial charge on any atom is 0.227 e. The van der Waals surface area contributed by atoms with Crippen molar-refractivity contribution in [2.24, 2.45) is 11.3 Å². The molecule has 0 spiro atoms. The van der Waals surface area contributed by atoms with Crippen LogP contribution in [0.5, 0.6) is 5.75 Å². The van der Waals surface area contributed by atoms with Crippen LogP contribution in [0.25, 0.3) is 10.9 Å². The van der Waals surface area contributed by atoms with E-state index in [1.165, 1.54) is 0 Å². The van der Waals surface area contributed by atoms with Gasteiger partial charge in [0.2, 0.25) is 11.2 Å². The molecule has 3 aromatic rings. The van der Waals surface area contributed by atoms with Gasteiger partial charge in [-0.15, -0.1) is 0 Å². The van der Waals surface area contributed by atoms with Gasteiger partial charge in [-0.3, -0.25) is 4.79 Å². The zero-order chi connectivity index (χ0) is 19.8. The van der Waals surface area contributed by atoms with Gasteiger partial charge in [-0.05, 0) is 29.4 Å². The number of benzene rings is 1. The summed E-state index contributed by atoms with van der Waals surface area (Å²) in [5.74, 6) is 0.0390. The number of para-hydroxylation sites is 1. The fourth-order valence-corrected chi connectivity index (χ4v) is 4.25. The van der Waals surface area contributed by atoms with E-state index < -0.39 is 12.0 Å². The number of hydrogen-bond acceptors (Lipinski definition) is 4. The highest BCUT2D eigenvalue weighted by molar-refractivity contribution is 5.84. The van der Waals surface area contributed by atoms with Gasteiger partial charge in [0.1, 0.15) is 12.4 Å². The number of aliphatic hydroxyl groups is 1. The topological polar surface area (TPSA) is 86.5 Å². The molecular formula is C22H27NO4. The van der Waals surface area contributed by atoms with Gasteiger partial charge in [-0.25, -0.2) is 0 Å². The van der Waals surface area contributed by atoms with Crippen molar-refractivity contribution in [3.8, 4) is 5.75 Å². The van der Waals surface area contributed by atoms with E-state index in [0.29, 0.717) is 5.92 Å². The molecule has 0 aliphatic heterocycles. The molecule has 0 amide bonds. The van der Waals surface area contributed by atoms with Crippen LogP contribution >= 0.6 is 0 Å². The van der Waals surface area contributed by atoms with Crippen LogP contribution in [0.2, 0.25) is 0 Å². The van der Waals surface area contributed by atoms with Crippen molar-refractivity contribution >= 4 is 10.9 Å². The van der Waals surface area contributed by atoms with Crippen LogP contribution in [0, 0.1) is 11.3 Å². The maximum absolute atomic E-state index is 12.3. The number of rotatable bonds is 6. The van der Waals surface area contributed by atoms with Crippen molar-refractivity contribution in [2.75, 3.05) is 0 Å². The first kappa shape index (κ1) is 19.2. The van der Waals surface area contributed by atoms with Gasteiger partial charge in [0.15, 0.2) is 5.76 Å². The van der Waals surface area contributed by atoms with Crippen molar-refractivity contribution in [1.82, 2.24) is 4.98 Å². The molecular weight excluding hydrogens is 342 g/mol. The Balaban J connectivity index is 2.29. The van der Waals surface area contributed by atoms with Crippen LogP contribution in [0.4, 0.5) is 0 Å². The smallest absolute Gasteiger partial charge is 0.227 e. The summed E-state index contributed by atoms with van der Waals surface area (Å²) in [7, 11) is 0. The van der Waals surface area contributed by atoms with E-state index in [2.05, 4.69) is 32.7 Å². The summed E-state index contributed by atoms with van der Waals surface area (Å²) in [5.41, 5.74) is 1.11. The Morgan fingerprint density at radius 2 is 1.93 bits per heavy atom. The van der Waals surface area contributed by atoms with Gasteiger partial charge in [-0.2, -0.15) is 0 Å². The van der Waals surface area contributed by atoms with Crippen LogP contribution in [-0.4, -0.2) is 15.2 Å². The molecule has 2 heterocycles. The number of aliphatic hydroxyl groups excluding tert-OH is 1. The average Bonchev–Trinajstić information content (AvgIpc) is 3.01. The quantitative estimate of drug-likeness (QED) is 0.596. The van der Waals surface area contributed by atoms with Crippen molar-refractivity contribution in [1.29, 1.82) is 0 Å². The molecule has 0 fully saturated rings. The summed E-state index contributed by atoms with van der Waals surface area (Å²) in [4.78, 5) is 15.6. The Bertz CT molecular complexity index is 997. The molecule has 1 atom stereocenters. The average molecular weight is 369 g/mol. The second kappa shape index (κ2) is 7.24. The summed E-state index contributed by atoms with van der Waals surface area (Å²) >= 11 is 0. The standard InChI is InChI=1S/C22H27NO4/c1-13(2)10-22(3,4)19(16-11-23-17-8-6-5-7-15(16)17)21-20(26)18(25)9-14(12-24)27-21/h5-9,11,13,19,23-24,26H,10,12H2,1-4H3. The highest BCUT2D eigenvalue weighted by Gasteiger charge is 2.38. The second-order valence-corrected chi connectivity index (χ2v) is 8.26. The second-order valence-electron chi connectivity index (χ2n) is 8.26. The van der Waals surface area contributed by atoms with Crippen molar-refractivity contribution in [3.05, 3.63) is 63.8 Å². The SMILES string of the molecule is CC(C)CC(C)(C)C(c1oc(CO)cc(=O)c1O)c1c[nH]c2ccccc12. The van der Waals surface area contributed by atoms with Crippen LogP contribution < -0.4 is 5.43 Å². The monoisotopic (exact) mass is 369 g/mol. The highest BCUT2D eigenvalue weighted by atomic mass is 16.4. The predicted octanol–water partition coefficient (Wildman–Crippen LogP) is 4.52. The number of aromatic nitrogens is 1. The molecule has 27 heavy (non-hydrogen) atoms. The molecule has 0 saturated carbocycles. The molecule has 144 valence electrons. The fraction of sp³-hybridized carbons (Fsp3) is 0.409. The minimum atomic E-state index is -0.537. The molecule has 0 bridgehead atoms. The van der Waals surface area contributed by atoms with E-state index >= 15 is 0 Å². The first-order chi connectivity index (χ1) is 12.7. The predicted molar refractivity (Wildman–Crippen MR) is 106 cm³/mol. The Morgan fingerprint density at radius 1 is 1.22 bits per heavy atom. The third kappa shape index (κ3) is 3.65. The normalized spacial score (nSPS) is 13.4. The summed E-state index contributed by atoms with van der Waals surface area (Å²) in [6.07, 6.45) is 2.78. The van der Waals surface area contributed by atoms with E-state index in [1.54, 1.807) is 0 Å². The number of nitrogens with one attached hydrogen (secondary N) is 1. The lowest BCUT2D eigenvalue weighted by molar-refractivity contribution is 0.199. The molecule has 0 radical (unpaired) electrons.